The average Bonchev–Trinajstić information content (AvgIpc) is 2.95. The van der Waals surface area contributed by atoms with E-state index in [9.17, 15) is 5.11 Å². The molecule has 0 bridgehead atoms. The summed E-state index contributed by atoms with van der Waals surface area (Å²) in [5.74, 6) is 1.25. The fourth-order valence-corrected chi connectivity index (χ4v) is 1.84. The van der Waals surface area contributed by atoms with Crippen LogP contribution >= 0.6 is 15.9 Å². The SMILES string of the molecule is Oc1ccc(Br)cc1CNCC1CC1. The monoisotopic (exact) mass is 255 g/mol. The van der Waals surface area contributed by atoms with Gasteiger partial charge in [0.15, 0.2) is 0 Å². The van der Waals surface area contributed by atoms with Crippen molar-refractivity contribution in [2.75, 3.05) is 6.54 Å². The van der Waals surface area contributed by atoms with Crippen molar-refractivity contribution < 1.29 is 5.11 Å². The highest BCUT2D eigenvalue weighted by Crippen LogP contribution is 2.28. The lowest BCUT2D eigenvalue weighted by Gasteiger charge is -2.06. The molecule has 1 aromatic carbocycles. The third-order valence-corrected chi connectivity index (χ3v) is 2.98. The standard InChI is InChI=1S/C11H14BrNO/c12-10-3-4-11(14)9(5-10)7-13-6-8-1-2-8/h3-5,8,13-14H,1-2,6-7H2. The second-order valence-electron chi connectivity index (χ2n) is 3.85. The average molecular weight is 256 g/mol. The van der Waals surface area contributed by atoms with E-state index in [4.69, 9.17) is 0 Å². The van der Waals surface area contributed by atoms with Crippen molar-refractivity contribution in [1.82, 2.24) is 5.32 Å². The van der Waals surface area contributed by atoms with Gasteiger partial charge in [0, 0.05) is 16.6 Å². The molecule has 14 heavy (non-hydrogen) atoms. The van der Waals surface area contributed by atoms with Gasteiger partial charge in [-0.25, -0.2) is 0 Å². The quantitative estimate of drug-likeness (QED) is 0.868. The minimum absolute atomic E-state index is 0.372. The highest BCUT2D eigenvalue weighted by atomic mass is 79.9. The van der Waals surface area contributed by atoms with Crippen LogP contribution in [0.3, 0.4) is 0 Å². The van der Waals surface area contributed by atoms with Gasteiger partial charge >= 0.3 is 0 Å². The van der Waals surface area contributed by atoms with Crippen molar-refractivity contribution in [3.05, 3.63) is 28.2 Å². The molecular formula is C11H14BrNO. The van der Waals surface area contributed by atoms with E-state index in [1.54, 1.807) is 6.07 Å². The van der Waals surface area contributed by atoms with Crippen LogP contribution in [-0.4, -0.2) is 11.7 Å². The minimum atomic E-state index is 0.372. The maximum absolute atomic E-state index is 9.55. The third kappa shape index (κ3) is 2.72. The van der Waals surface area contributed by atoms with Gasteiger partial charge in [0.1, 0.15) is 5.75 Å². The van der Waals surface area contributed by atoms with Crippen molar-refractivity contribution >= 4 is 15.9 Å². The van der Waals surface area contributed by atoms with E-state index < -0.39 is 0 Å². The molecule has 1 saturated carbocycles. The molecule has 0 spiro atoms. The molecule has 3 heteroatoms. The molecule has 0 aliphatic heterocycles. The molecular weight excluding hydrogens is 242 g/mol. The number of phenolic OH excluding ortho intramolecular Hbond substituents is 1. The summed E-state index contributed by atoms with van der Waals surface area (Å²) in [6.45, 7) is 1.83. The summed E-state index contributed by atoms with van der Waals surface area (Å²) >= 11 is 3.39. The molecule has 0 amide bonds. The summed E-state index contributed by atoms with van der Waals surface area (Å²) < 4.78 is 1.01. The zero-order valence-electron chi connectivity index (χ0n) is 7.96. The number of hydrogen-bond acceptors (Lipinski definition) is 2. The van der Waals surface area contributed by atoms with Crippen molar-refractivity contribution in [2.24, 2.45) is 5.92 Å². The van der Waals surface area contributed by atoms with Crippen molar-refractivity contribution in [1.29, 1.82) is 0 Å². The van der Waals surface area contributed by atoms with Crippen LogP contribution in [0.15, 0.2) is 22.7 Å². The zero-order valence-corrected chi connectivity index (χ0v) is 9.55. The van der Waals surface area contributed by atoms with Crippen LogP contribution in [0.5, 0.6) is 5.75 Å². The van der Waals surface area contributed by atoms with Gasteiger partial charge in [0.2, 0.25) is 0 Å². The van der Waals surface area contributed by atoms with Gasteiger partial charge in [0.05, 0.1) is 0 Å². The molecule has 76 valence electrons. The van der Waals surface area contributed by atoms with Gasteiger partial charge in [-0.3, -0.25) is 0 Å². The van der Waals surface area contributed by atoms with Crippen LogP contribution in [-0.2, 0) is 6.54 Å². The lowest BCUT2D eigenvalue weighted by molar-refractivity contribution is 0.463. The molecule has 1 fully saturated rings. The fourth-order valence-electron chi connectivity index (χ4n) is 1.43. The predicted molar refractivity (Wildman–Crippen MR) is 60.2 cm³/mol. The number of benzene rings is 1. The number of nitrogens with one attached hydrogen (secondary N) is 1. The molecule has 2 nitrogen and oxygen atoms in total. The lowest BCUT2D eigenvalue weighted by atomic mass is 10.2. The highest BCUT2D eigenvalue weighted by molar-refractivity contribution is 9.10. The zero-order chi connectivity index (χ0) is 9.97. The molecule has 0 aromatic heterocycles. The Labute approximate surface area is 92.5 Å². The van der Waals surface area contributed by atoms with Gasteiger partial charge in [-0.2, -0.15) is 0 Å². The molecule has 0 unspecified atom stereocenters. The van der Waals surface area contributed by atoms with Gasteiger partial charge < -0.3 is 10.4 Å². The van der Waals surface area contributed by atoms with E-state index in [1.807, 2.05) is 12.1 Å². The largest absolute Gasteiger partial charge is 0.508 e. The summed E-state index contributed by atoms with van der Waals surface area (Å²) in [4.78, 5) is 0. The van der Waals surface area contributed by atoms with Gasteiger partial charge in [-0.1, -0.05) is 15.9 Å². The molecule has 2 rings (SSSR count). The lowest BCUT2D eigenvalue weighted by Crippen LogP contribution is -2.16. The maximum atomic E-state index is 9.55. The second kappa shape index (κ2) is 4.32. The molecule has 0 heterocycles. The summed E-state index contributed by atoms with van der Waals surface area (Å²) in [7, 11) is 0. The number of aromatic hydroxyl groups is 1. The van der Waals surface area contributed by atoms with E-state index >= 15 is 0 Å². The Hall–Kier alpha value is -0.540. The number of halogens is 1. The molecule has 0 atom stereocenters. The predicted octanol–water partition coefficient (Wildman–Crippen LogP) is 2.65. The van der Waals surface area contributed by atoms with Gasteiger partial charge in [-0.05, 0) is 43.5 Å². The number of hydrogen-bond donors (Lipinski definition) is 2. The van der Waals surface area contributed by atoms with Crippen molar-refractivity contribution in [2.45, 2.75) is 19.4 Å². The van der Waals surface area contributed by atoms with Crippen LogP contribution in [0.1, 0.15) is 18.4 Å². The molecule has 2 N–H and O–H groups in total. The summed E-state index contributed by atoms with van der Waals surface area (Å²) in [5, 5.41) is 12.9. The second-order valence-corrected chi connectivity index (χ2v) is 4.76. The first-order valence-corrected chi connectivity index (χ1v) is 5.73. The van der Waals surface area contributed by atoms with Crippen LogP contribution in [0.25, 0.3) is 0 Å². The molecule has 0 saturated heterocycles. The Morgan fingerprint density at radius 2 is 2.21 bits per heavy atom. The number of phenols is 1. The first-order chi connectivity index (χ1) is 6.75. The van der Waals surface area contributed by atoms with E-state index in [0.29, 0.717) is 5.75 Å². The maximum Gasteiger partial charge on any atom is 0.120 e. The van der Waals surface area contributed by atoms with Crippen LogP contribution in [0, 0.1) is 5.92 Å². The smallest absolute Gasteiger partial charge is 0.120 e. The van der Waals surface area contributed by atoms with Crippen LogP contribution in [0.2, 0.25) is 0 Å². The Balaban J connectivity index is 1.89. The summed E-state index contributed by atoms with van der Waals surface area (Å²) in [6.07, 6.45) is 2.72. The van der Waals surface area contributed by atoms with E-state index in [2.05, 4.69) is 21.2 Å². The summed E-state index contributed by atoms with van der Waals surface area (Å²) in [5.41, 5.74) is 0.958. The Morgan fingerprint density at radius 3 is 2.93 bits per heavy atom. The van der Waals surface area contributed by atoms with Crippen molar-refractivity contribution in [3.8, 4) is 5.75 Å². The van der Waals surface area contributed by atoms with Gasteiger partial charge in [0.25, 0.3) is 0 Å². The number of rotatable bonds is 4. The first kappa shape index (κ1) is 9.99. The highest BCUT2D eigenvalue weighted by Gasteiger charge is 2.20. The fraction of sp³-hybridized carbons (Fsp3) is 0.455. The van der Waals surface area contributed by atoms with Crippen LogP contribution < -0.4 is 5.32 Å². The Kier molecular flexibility index (Phi) is 3.08. The van der Waals surface area contributed by atoms with E-state index in [0.717, 1.165) is 29.0 Å². The van der Waals surface area contributed by atoms with E-state index in [-0.39, 0.29) is 0 Å². The van der Waals surface area contributed by atoms with Crippen LogP contribution in [0.4, 0.5) is 0 Å². The Morgan fingerprint density at radius 1 is 1.43 bits per heavy atom. The summed E-state index contributed by atoms with van der Waals surface area (Å²) in [6, 6.07) is 5.52. The minimum Gasteiger partial charge on any atom is -0.508 e. The molecule has 1 aliphatic rings. The molecule has 1 aliphatic carbocycles. The van der Waals surface area contributed by atoms with Gasteiger partial charge in [-0.15, -0.1) is 0 Å². The van der Waals surface area contributed by atoms with E-state index in [1.165, 1.54) is 12.8 Å². The topological polar surface area (TPSA) is 32.3 Å². The normalized spacial score (nSPS) is 15.8. The third-order valence-electron chi connectivity index (χ3n) is 2.49. The van der Waals surface area contributed by atoms with Crippen molar-refractivity contribution in [3.63, 3.8) is 0 Å². The Bertz CT molecular complexity index is 323. The molecule has 0 radical (unpaired) electrons. The molecule has 1 aromatic rings. The first-order valence-electron chi connectivity index (χ1n) is 4.94.